The predicted octanol–water partition coefficient (Wildman–Crippen LogP) is 3.88. The molecule has 1 heterocycles. The molecule has 2 aromatic carbocycles. The van der Waals surface area contributed by atoms with Crippen LogP contribution in [0.3, 0.4) is 0 Å². The van der Waals surface area contributed by atoms with Gasteiger partial charge in [0.2, 0.25) is 6.79 Å². The van der Waals surface area contributed by atoms with E-state index in [1.165, 1.54) is 12.1 Å². The zero-order valence-corrected chi connectivity index (χ0v) is 13.8. The molecule has 1 atom stereocenters. The van der Waals surface area contributed by atoms with E-state index >= 15 is 0 Å². The van der Waals surface area contributed by atoms with Gasteiger partial charge in [0.25, 0.3) is 9.84 Å². The maximum atomic E-state index is 12.5. The third-order valence-electron chi connectivity index (χ3n) is 3.75. The molecule has 0 aromatic heterocycles. The van der Waals surface area contributed by atoms with E-state index < -0.39 is 20.2 Å². The molecule has 0 fully saturated rings. The van der Waals surface area contributed by atoms with Crippen molar-refractivity contribution in [3.05, 3.63) is 48.0 Å². The maximum absolute atomic E-state index is 12.5. The van der Waals surface area contributed by atoms with Gasteiger partial charge in [-0.2, -0.15) is 13.2 Å². The smallest absolute Gasteiger partial charge is 0.454 e. The van der Waals surface area contributed by atoms with Crippen molar-refractivity contribution < 1.29 is 31.1 Å². The van der Waals surface area contributed by atoms with Crippen molar-refractivity contribution in [3.63, 3.8) is 0 Å². The minimum Gasteiger partial charge on any atom is -0.454 e. The Balaban J connectivity index is 1.75. The number of nitrogens with one attached hydrogen (secondary N) is 1. The summed E-state index contributed by atoms with van der Waals surface area (Å²) in [5.41, 5.74) is -3.94. The first kappa shape index (κ1) is 17.4. The van der Waals surface area contributed by atoms with E-state index in [2.05, 4.69) is 5.32 Å². The summed E-state index contributed by atoms with van der Waals surface area (Å²) < 4.78 is 70.8. The van der Waals surface area contributed by atoms with Crippen LogP contribution in [0.15, 0.2) is 47.4 Å². The quantitative estimate of drug-likeness (QED) is 0.881. The van der Waals surface area contributed by atoms with Crippen LogP contribution < -0.4 is 14.8 Å². The zero-order chi connectivity index (χ0) is 18.2. The summed E-state index contributed by atoms with van der Waals surface area (Å²) in [6, 6.07) is 9.68. The van der Waals surface area contributed by atoms with E-state index in [4.69, 9.17) is 9.47 Å². The van der Waals surface area contributed by atoms with Crippen molar-refractivity contribution in [2.24, 2.45) is 0 Å². The lowest BCUT2D eigenvalue weighted by molar-refractivity contribution is -0.0436. The Morgan fingerprint density at radius 3 is 2.32 bits per heavy atom. The number of rotatable bonds is 4. The van der Waals surface area contributed by atoms with Gasteiger partial charge >= 0.3 is 5.51 Å². The first-order chi connectivity index (χ1) is 11.7. The third kappa shape index (κ3) is 3.37. The van der Waals surface area contributed by atoms with Crippen molar-refractivity contribution in [3.8, 4) is 11.5 Å². The molecule has 0 aliphatic carbocycles. The molecular formula is C16H14F3NO4S. The highest BCUT2D eigenvalue weighted by Gasteiger charge is 2.46. The number of halogens is 3. The zero-order valence-electron chi connectivity index (χ0n) is 13.0. The molecule has 0 amide bonds. The van der Waals surface area contributed by atoms with Crippen LogP contribution in [-0.4, -0.2) is 20.7 Å². The van der Waals surface area contributed by atoms with Gasteiger partial charge in [-0.1, -0.05) is 6.07 Å². The number of benzene rings is 2. The second-order valence-electron chi connectivity index (χ2n) is 5.45. The number of fused-ring (bicyclic) bond motifs is 1. The van der Waals surface area contributed by atoms with Crippen molar-refractivity contribution in [1.82, 2.24) is 0 Å². The highest BCUT2D eigenvalue weighted by atomic mass is 32.2. The summed E-state index contributed by atoms with van der Waals surface area (Å²) in [6.45, 7) is 2.02. The molecule has 1 aliphatic rings. The second kappa shape index (κ2) is 6.14. The topological polar surface area (TPSA) is 64.6 Å². The molecule has 1 N–H and O–H groups in total. The molecule has 0 radical (unpaired) electrons. The van der Waals surface area contributed by atoms with Crippen molar-refractivity contribution in [2.45, 2.75) is 23.4 Å². The van der Waals surface area contributed by atoms with Crippen LogP contribution in [0.2, 0.25) is 0 Å². The molecule has 0 saturated heterocycles. The van der Waals surface area contributed by atoms with Gasteiger partial charge in [0, 0.05) is 11.7 Å². The van der Waals surface area contributed by atoms with Crippen LogP contribution in [-0.2, 0) is 9.84 Å². The van der Waals surface area contributed by atoms with E-state index in [1.807, 2.05) is 19.1 Å². The third-order valence-corrected chi connectivity index (χ3v) is 5.25. The SMILES string of the molecule is C[C@H](Nc1ccc(S(=O)(=O)C(F)(F)F)cc1)c1ccc2c(c1)OCO2. The number of alkyl halides is 3. The first-order valence-corrected chi connectivity index (χ1v) is 8.74. The van der Waals surface area contributed by atoms with Crippen LogP contribution in [0, 0.1) is 0 Å². The number of hydrogen-bond acceptors (Lipinski definition) is 5. The Morgan fingerprint density at radius 2 is 1.68 bits per heavy atom. The van der Waals surface area contributed by atoms with E-state index in [0.29, 0.717) is 17.2 Å². The number of hydrogen-bond donors (Lipinski definition) is 1. The number of anilines is 1. The van der Waals surface area contributed by atoms with Gasteiger partial charge in [0.1, 0.15) is 0 Å². The molecule has 1 aliphatic heterocycles. The largest absolute Gasteiger partial charge is 0.501 e. The monoisotopic (exact) mass is 373 g/mol. The second-order valence-corrected chi connectivity index (χ2v) is 7.39. The fraction of sp³-hybridized carbons (Fsp3) is 0.250. The lowest BCUT2D eigenvalue weighted by Crippen LogP contribution is -2.23. The normalized spacial score (nSPS) is 15.0. The standard InChI is InChI=1S/C16H14F3NO4S/c1-10(11-2-7-14-15(8-11)24-9-23-14)20-12-3-5-13(6-4-12)25(21,22)16(17,18)19/h2-8,10,20H,9H2,1H3/t10-/m0/s1. The Hall–Kier alpha value is -2.42. The molecule has 5 nitrogen and oxygen atoms in total. The summed E-state index contributed by atoms with van der Waals surface area (Å²) in [5.74, 6) is 1.27. The molecular weight excluding hydrogens is 359 g/mol. The summed E-state index contributed by atoms with van der Waals surface area (Å²) in [4.78, 5) is -0.790. The molecule has 0 spiro atoms. The van der Waals surface area contributed by atoms with E-state index in [1.54, 1.807) is 6.07 Å². The lowest BCUT2D eigenvalue weighted by atomic mass is 10.1. The Kier molecular flexibility index (Phi) is 4.28. The summed E-state index contributed by atoms with van der Waals surface area (Å²) >= 11 is 0. The highest BCUT2D eigenvalue weighted by molar-refractivity contribution is 7.92. The Labute approximate surface area is 142 Å². The lowest BCUT2D eigenvalue weighted by Gasteiger charge is -2.16. The molecule has 0 saturated carbocycles. The molecule has 0 unspecified atom stereocenters. The summed E-state index contributed by atoms with van der Waals surface area (Å²) in [6.07, 6.45) is 0. The number of sulfone groups is 1. The average Bonchev–Trinajstić information content (AvgIpc) is 3.01. The molecule has 0 bridgehead atoms. The van der Waals surface area contributed by atoms with Gasteiger partial charge in [-0.15, -0.1) is 0 Å². The predicted molar refractivity (Wildman–Crippen MR) is 84.3 cm³/mol. The van der Waals surface area contributed by atoms with Crippen LogP contribution in [0.5, 0.6) is 11.5 Å². The summed E-state index contributed by atoms with van der Waals surface area (Å²) in [5, 5.41) is 3.09. The van der Waals surface area contributed by atoms with Gasteiger partial charge < -0.3 is 14.8 Å². The van der Waals surface area contributed by atoms with Gasteiger partial charge in [0.05, 0.1) is 4.90 Å². The molecule has 2 aromatic rings. The highest BCUT2D eigenvalue weighted by Crippen LogP contribution is 2.35. The molecule has 9 heteroatoms. The van der Waals surface area contributed by atoms with Crippen LogP contribution in [0.4, 0.5) is 18.9 Å². The van der Waals surface area contributed by atoms with Crippen molar-refractivity contribution >= 4 is 15.5 Å². The maximum Gasteiger partial charge on any atom is 0.501 e. The average molecular weight is 373 g/mol. The van der Waals surface area contributed by atoms with Crippen LogP contribution in [0.25, 0.3) is 0 Å². The molecule has 3 rings (SSSR count). The van der Waals surface area contributed by atoms with Crippen molar-refractivity contribution in [2.75, 3.05) is 12.1 Å². The van der Waals surface area contributed by atoms with Crippen LogP contribution in [0.1, 0.15) is 18.5 Å². The number of ether oxygens (including phenoxy) is 2. The van der Waals surface area contributed by atoms with Gasteiger partial charge in [-0.3, -0.25) is 0 Å². The van der Waals surface area contributed by atoms with Gasteiger partial charge in [0.15, 0.2) is 11.5 Å². The Morgan fingerprint density at radius 1 is 1.04 bits per heavy atom. The van der Waals surface area contributed by atoms with Crippen LogP contribution >= 0.6 is 0 Å². The molecule has 134 valence electrons. The van der Waals surface area contributed by atoms with E-state index in [-0.39, 0.29) is 12.8 Å². The first-order valence-electron chi connectivity index (χ1n) is 7.26. The van der Waals surface area contributed by atoms with E-state index in [9.17, 15) is 21.6 Å². The van der Waals surface area contributed by atoms with Crippen molar-refractivity contribution in [1.29, 1.82) is 0 Å². The minimum atomic E-state index is -5.34. The summed E-state index contributed by atoms with van der Waals surface area (Å²) in [7, 11) is -5.34. The van der Waals surface area contributed by atoms with Gasteiger partial charge in [-0.25, -0.2) is 8.42 Å². The fourth-order valence-electron chi connectivity index (χ4n) is 2.38. The fourth-order valence-corrected chi connectivity index (χ4v) is 3.14. The van der Waals surface area contributed by atoms with Gasteiger partial charge in [-0.05, 0) is 48.9 Å². The Bertz CT molecular complexity index is 879. The van der Waals surface area contributed by atoms with E-state index in [0.717, 1.165) is 17.7 Å². The molecule has 25 heavy (non-hydrogen) atoms. The minimum absolute atomic E-state index is 0.162.